The Kier molecular flexibility index (Phi) is 5.03. The normalized spacial score (nSPS) is 24.0. The molecule has 0 bridgehead atoms. The number of carbonyl (C=O) groups excluding carboxylic acids is 1. The van der Waals surface area contributed by atoms with Crippen molar-refractivity contribution in [1.29, 1.82) is 0 Å². The molecular formula is C19H22N6O4. The van der Waals surface area contributed by atoms with Crippen LogP contribution in [-0.4, -0.2) is 56.0 Å². The van der Waals surface area contributed by atoms with E-state index >= 15 is 0 Å². The van der Waals surface area contributed by atoms with Gasteiger partial charge >= 0.3 is 5.97 Å². The number of anilines is 2. The van der Waals surface area contributed by atoms with E-state index in [1.54, 1.807) is 29.8 Å². The van der Waals surface area contributed by atoms with Crippen LogP contribution in [0.4, 0.5) is 11.5 Å². The van der Waals surface area contributed by atoms with Gasteiger partial charge in [0.2, 0.25) is 0 Å². The third-order valence-corrected chi connectivity index (χ3v) is 5.04. The number of imidazole rings is 1. The minimum absolute atomic E-state index is 0.232. The molecule has 1 unspecified atom stereocenters. The highest BCUT2D eigenvalue weighted by atomic mass is 16.6. The first kappa shape index (κ1) is 19.1. The number of fused-ring (bicyclic) bond motifs is 1. The molecule has 1 aliphatic heterocycles. The number of nitrogen functional groups attached to an aromatic ring is 1. The van der Waals surface area contributed by atoms with Gasteiger partial charge in [0.25, 0.3) is 0 Å². The number of ether oxygens (including phenoxy) is 2. The van der Waals surface area contributed by atoms with Crippen molar-refractivity contribution in [1.82, 2.24) is 19.5 Å². The number of aliphatic hydroxyl groups excluding tert-OH is 1. The maximum atomic E-state index is 12.9. The number of para-hydroxylation sites is 1. The monoisotopic (exact) mass is 398 g/mol. The van der Waals surface area contributed by atoms with Gasteiger partial charge in [-0.15, -0.1) is 0 Å². The number of benzene rings is 1. The number of nitrogens with zero attached hydrogens (tertiary/aromatic N) is 4. The van der Waals surface area contributed by atoms with E-state index in [9.17, 15) is 9.90 Å². The molecule has 0 saturated carbocycles. The second kappa shape index (κ2) is 7.64. The summed E-state index contributed by atoms with van der Waals surface area (Å²) < 4.78 is 13.3. The summed E-state index contributed by atoms with van der Waals surface area (Å²) in [5, 5.41) is 13.7. The Morgan fingerprint density at radius 3 is 2.90 bits per heavy atom. The van der Waals surface area contributed by atoms with Gasteiger partial charge in [0, 0.05) is 12.7 Å². The highest BCUT2D eigenvalue weighted by Gasteiger charge is 2.47. The summed E-state index contributed by atoms with van der Waals surface area (Å²) in [7, 11) is 1.72. The number of hydrogen-bond acceptors (Lipinski definition) is 9. The van der Waals surface area contributed by atoms with Gasteiger partial charge in [-0.3, -0.25) is 4.57 Å². The molecule has 4 rings (SSSR count). The van der Waals surface area contributed by atoms with Gasteiger partial charge < -0.3 is 25.6 Å². The molecule has 0 radical (unpaired) electrons. The van der Waals surface area contributed by atoms with Crippen molar-refractivity contribution in [3.63, 3.8) is 0 Å². The second-order valence-electron chi connectivity index (χ2n) is 6.71. The van der Waals surface area contributed by atoms with E-state index in [4.69, 9.17) is 15.2 Å². The Morgan fingerprint density at radius 2 is 2.14 bits per heavy atom. The molecule has 1 fully saturated rings. The first-order chi connectivity index (χ1) is 14.0. The van der Waals surface area contributed by atoms with Crippen molar-refractivity contribution in [2.45, 2.75) is 37.9 Å². The number of esters is 1. The van der Waals surface area contributed by atoms with Crippen LogP contribution >= 0.6 is 0 Å². The van der Waals surface area contributed by atoms with Crippen molar-refractivity contribution in [3.8, 4) is 0 Å². The molecule has 1 saturated heterocycles. The molecule has 1 aliphatic rings. The van der Waals surface area contributed by atoms with Crippen LogP contribution in [0.5, 0.6) is 0 Å². The van der Waals surface area contributed by atoms with E-state index in [1.165, 1.54) is 12.7 Å². The number of rotatable bonds is 5. The largest absolute Gasteiger partial charge is 0.451 e. The number of nitrogens with one attached hydrogen (secondary N) is 1. The summed E-state index contributed by atoms with van der Waals surface area (Å²) >= 11 is 0. The third-order valence-electron chi connectivity index (χ3n) is 5.04. The molecule has 10 heteroatoms. The summed E-state index contributed by atoms with van der Waals surface area (Å²) in [6.45, 7) is 1.89. The second-order valence-corrected chi connectivity index (χ2v) is 6.71. The molecule has 0 amide bonds. The number of carbonyl (C=O) groups is 1. The lowest BCUT2D eigenvalue weighted by Gasteiger charge is -2.22. The van der Waals surface area contributed by atoms with Gasteiger partial charge in [-0.2, -0.15) is 0 Å². The van der Waals surface area contributed by atoms with E-state index in [2.05, 4.69) is 20.3 Å². The number of hydrogen-bond donors (Lipinski definition) is 3. The van der Waals surface area contributed by atoms with Crippen LogP contribution < -0.4 is 11.1 Å². The smallest absolute Gasteiger partial charge is 0.340 e. The Bertz CT molecular complexity index is 1040. The lowest BCUT2D eigenvalue weighted by Crippen LogP contribution is -2.36. The summed E-state index contributed by atoms with van der Waals surface area (Å²) in [6, 6.07) is 6.99. The highest BCUT2D eigenvalue weighted by Crippen LogP contribution is 2.36. The van der Waals surface area contributed by atoms with E-state index in [0.717, 1.165) is 0 Å². The maximum Gasteiger partial charge on any atom is 0.340 e. The van der Waals surface area contributed by atoms with Gasteiger partial charge in [-0.05, 0) is 18.6 Å². The van der Waals surface area contributed by atoms with Gasteiger partial charge in [0.05, 0.1) is 18.0 Å². The van der Waals surface area contributed by atoms with Crippen molar-refractivity contribution in [3.05, 3.63) is 42.5 Å². The summed E-state index contributed by atoms with van der Waals surface area (Å²) in [5.74, 6) is -0.334. The molecule has 10 nitrogen and oxygen atoms in total. The fourth-order valence-electron chi connectivity index (χ4n) is 3.53. The Morgan fingerprint density at radius 1 is 1.34 bits per heavy atom. The lowest BCUT2D eigenvalue weighted by atomic mass is 10.1. The fraction of sp³-hybridized carbons (Fsp3) is 0.368. The van der Waals surface area contributed by atoms with E-state index < -0.39 is 30.5 Å². The average Bonchev–Trinajstić information content (AvgIpc) is 3.30. The van der Waals surface area contributed by atoms with Crippen molar-refractivity contribution in [2.75, 3.05) is 18.1 Å². The standard InChI is InChI=1S/C19H22N6O4/c1-3-12-14(26)15(29-19(27)10-6-4-5-7-11(10)21-2)18(28-12)25-9-24-13-16(20)22-8-23-17(13)25/h4-9,12,14-15,18,21,26H,3H2,1-2H3,(H2,20,22,23)/t12-,14-,15-,18?/m1/s1. The highest BCUT2D eigenvalue weighted by molar-refractivity contribution is 5.95. The average molecular weight is 398 g/mol. The Hall–Kier alpha value is -3.24. The molecule has 2 aromatic heterocycles. The fourth-order valence-corrected chi connectivity index (χ4v) is 3.53. The summed E-state index contributed by atoms with van der Waals surface area (Å²) in [6.07, 6.45) is 0.0888. The SMILES string of the molecule is CC[C@H]1OC(n2cnc3c(N)ncnc32)[C@H](OC(=O)c2ccccc2NC)[C@@H]1O. The molecule has 4 N–H and O–H groups in total. The third kappa shape index (κ3) is 3.26. The van der Waals surface area contributed by atoms with Crippen molar-refractivity contribution in [2.24, 2.45) is 0 Å². The van der Waals surface area contributed by atoms with Gasteiger partial charge in [0.15, 0.2) is 23.8 Å². The van der Waals surface area contributed by atoms with Gasteiger partial charge in [-0.1, -0.05) is 19.1 Å². The molecule has 29 heavy (non-hydrogen) atoms. The molecule has 0 spiro atoms. The zero-order valence-corrected chi connectivity index (χ0v) is 16.0. The van der Waals surface area contributed by atoms with Crippen molar-refractivity contribution >= 4 is 28.6 Å². The van der Waals surface area contributed by atoms with Crippen molar-refractivity contribution < 1.29 is 19.4 Å². The minimum atomic E-state index is -1.01. The molecule has 3 aromatic rings. The topological polar surface area (TPSA) is 137 Å². The lowest BCUT2D eigenvalue weighted by molar-refractivity contribution is -0.0478. The van der Waals surface area contributed by atoms with Gasteiger partial charge in [-0.25, -0.2) is 19.7 Å². The van der Waals surface area contributed by atoms with E-state index in [0.29, 0.717) is 28.8 Å². The molecule has 3 heterocycles. The zero-order valence-electron chi connectivity index (χ0n) is 16.0. The quantitative estimate of drug-likeness (QED) is 0.544. The Labute approximate surface area is 166 Å². The van der Waals surface area contributed by atoms with Crippen LogP contribution in [0.2, 0.25) is 0 Å². The number of aromatic nitrogens is 4. The van der Waals surface area contributed by atoms with Gasteiger partial charge in [0.1, 0.15) is 17.9 Å². The van der Waals surface area contributed by atoms with Crippen LogP contribution in [0.1, 0.15) is 29.9 Å². The molecule has 152 valence electrons. The zero-order chi connectivity index (χ0) is 20.5. The number of aliphatic hydroxyl groups is 1. The molecular weight excluding hydrogens is 376 g/mol. The van der Waals surface area contributed by atoms with Crippen LogP contribution in [-0.2, 0) is 9.47 Å². The Balaban J connectivity index is 1.69. The van der Waals surface area contributed by atoms with Crippen LogP contribution in [0.15, 0.2) is 36.9 Å². The maximum absolute atomic E-state index is 12.9. The number of nitrogens with two attached hydrogens (primary N) is 1. The summed E-state index contributed by atoms with van der Waals surface area (Å²) in [4.78, 5) is 25.2. The van der Waals surface area contributed by atoms with Crippen LogP contribution in [0.25, 0.3) is 11.2 Å². The molecule has 0 aliphatic carbocycles. The van der Waals surface area contributed by atoms with Crippen LogP contribution in [0.3, 0.4) is 0 Å². The first-order valence-electron chi connectivity index (χ1n) is 9.29. The predicted octanol–water partition coefficient (Wildman–Crippen LogP) is 1.34. The first-order valence-corrected chi connectivity index (χ1v) is 9.29. The van der Waals surface area contributed by atoms with E-state index in [1.807, 2.05) is 13.0 Å². The minimum Gasteiger partial charge on any atom is -0.451 e. The molecule has 4 atom stereocenters. The predicted molar refractivity (Wildman–Crippen MR) is 105 cm³/mol. The summed E-state index contributed by atoms with van der Waals surface area (Å²) in [5.41, 5.74) is 7.70. The molecule has 1 aromatic carbocycles. The van der Waals surface area contributed by atoms with Crippen LogP contribution in [0, 0.1) is 0 Å². The van der Waals surface area contributed by atoms with E-state index in [-0.39, 0.29) is 5.82 Å².